The number of benzene rings is 1. The summed E-state index contributed by atoms with van der Waals surface area (Å²) < 4.78 is 11.4. The first-order chi connectivity index (χ1) is 15.2. The average Bonchev–Trinajstić information content (AvgIpc) is 3.28. The molecule has 0 bridgehead atoms. The second kappa shape index (κ2) is 9.68. The van der Waals surface area contributed by atoms with Gasteiger partial charge in [-0.05, 0) is 43.5 Å². The molecule has 31 heavy (non-hydrogen) atoms. The van der Waals surface area contributed by atoms with Gasteiger partial charge in [0.1, 0.15) is 17.4 Å². The first-order valence-corrected chi connectivity index (χ1v) is 10.8. The maximum absolute atomic E-state index is 13.0. The first kappa shape index (κ1) is 21.0. The van der Waals surface area contributed by atoms with Gasteiger partial charge in [-0.3, -0.25) is 4.79 Å². The minimum Gasteiger partial charge on any atom is -0.495 e. The van der Waals surface area contributed by atoms with Crippen molar-refractivity contribution < 1.29 is 19.1 Å². The normalized spacial score (nSPS) is 18.5. The molecule has 1 unspecified atom stereocenters. The van der Waals surface area contributed by atoms with Crippen LogP contribution in [0.1, 0.15) is 36.0 Å². The molecule has 8 nitrogen and oxygen atoms in total. The molecule has 0 saturated carbocycles. The van der Waals surface area contributed by atoms with Gasteiger partial charge in [-0.2, -0.15) is 0 Å². The zero-order valence-corrected chi connectivity index (χ0v) is 17.8. The van der Waals surface area contributed by atoms with Crippen LogP contribution < -0.4 is 14.8 Å². The first-order valence-electron chi connectivity index (χ1n) is 10.8. The fourth-order valence-corrected chi connectivity index (χ4v) is 4.02. The Morgan fingerprint density at radius 3 is 2.65 bits per heavy atom. The Hall–Kier alpha value is -3.29. The fraction of sp³-hybridized carbons (Fsp3) is 0.435. The number of hydrogen-bond acceptors (Lipinski definition) is 5. The van der Waals surface area contributed by atoms with Gasteiger partial charge in [-0.1, -0.05) is 12.1 Å². The van der Waals surface area contributed by atoms with Crippen LogP contribution in [0.15, 0.2) is 42.6 Å². The molecule has 164 valence electrons. The Morgan fingerprint density at radius 1 is 1.03 bits per heavy atom. The Morgan fingerprint density at radius 2 is 1.84 bits per heavy atom. The molecule has 2 aliphatic rings. The van der Waals surface area contributed by atoms with Crippen LogP contribution in [-0.2, 0) is 0 Å². The van der Waals surface area contributed by atoms with Crippen LogP contribution in [0.2, 0.25) is 0 Å². The van der Waals surface area contributed by atoms with Crippen molar-refractivity contribution in [3.63, 3.8) is 0 Å². The zero-order valence-electron chi connectivity index (χ0n) is 17.8. The Bertz CT molecular complexity index is 929. The van der Waals surface area contributed by atoms with E-state index in [0.717, 1.165) is 32.4 Å². The zero-order chi connectivity index (χ0) is 21.6. The lowest BCUT2D eigenvalue weighted by Gasteiger charge is -2.27. The third kappa shape index (κ3) is 4.90. The molecule has 8 heteroatoms. The number of para-hydroxylation sites is 2. The van der Waals surface area contributed by atoms with Gasteiger partial charge in [0, 0.05) is 32.3 Å². The summed E-state index contributed by atoms with van der Waals surface area (Å²) in [5.41, 5.74) is 1.11. The summed E-state index contributed by atoms with van der Waals surface area (Å²) in [5.74, 6) is 0.916. The number of aromatic nitrogens is 1. The average molecular weight is 425 g/mol. The van der Waals surface area contributed by atoms with Gasteiger partial charge >= 0.3 is 6.03 Å². The van der Waals surface area contributed by atoms with Crippen molar-refractivity contribution in [2.45, 2.75) is 31.8 Å². The number of likely N-dealkylation sites (tertiary alicyclic amines) is 2. The molecule has 3 heterocycles. The Kier molecular flexibility index (Phi) is 6.54. The molecule has 2 fully saturated rings. The van der Waals surface area contributed by atoms with Crippen LogP contribution in [0, 0.1) is 0 Å². The standard InChI is InChI=1S/C23H28N4O4/c1-30-20-10-4-3-9-19(20)25-23(29)27-15-11-17(16-27)31-21-18(8-7-12-24-21)22(28)26-13-5-2-6-14-26/h3-4,7-10,12,17H,2,5-6,11,13-16H2,1H3,(H,25,29). The Balaban J connectivity index is 1.38. The van der Waals surface area contributed by atoms with Crippen molar-refractivity contribution in [2.75, 3.05) is 38.6 Å². The van der Waals surface area contributed by atoms with E-state index in [4.69, 9.17) is 9.47 Å². The number of methoxy groups -OCH3 is 1. The van der Waals surface area contributed by atoms with Crippen LogP contribution in [0.4, 0.5) is 10.5 Å². The van der Waals surface area contributed by atoms with Crippen molar-refractivity contribution in [3.05, 3.63) is 48.2 Å². The highest BCUT2D eigenvalue weighted by atomic mass is 16.5. The molecule has 2 aliphatic heterocycles. The van der Waals surface area contributed by atoms with E-state index in [-0.39, 0.29) is 18.0 Å². The predicted molar refractivity (Wildman–Crippen MR) is 117 cm³/mol. The highest BCUT2D eigenvalue weighted by Crippen LogP contribution is 2.26. The highest BCUT2D eigenvalue weighted by Gasteiger charge is 2.30. The number of anilines is 1. The van der Waals surface area contributed by atoms with Crippen molar-refractivity contribution in [2.24, 2.45) is 0 Å². The minimum atomic E-state index is -0.216. The number of pyridine rings is 1. The molecule has 0 spiro atoms. The van der Waals surface area contributed by atoms with Gasteiger partial charge in [-0.25, -0.2) is 9.78 Å². The van der Waals surface area contributed by atoms with Crippen LogP contribution in [0.3, 0.4) is 0 Å². The largest absolute Gasteiger partial charge is 0.495 e. The summed E-state index contributed by atoms with van der Waals surface area (Å²) in [6, 6.07) is 10.6. The maximum Gasteiger partial charge on any atom is 0.322 e. The number of rotatable bonds is 5. The SMILES string of the molecule is COc1ccccc1NC(=O)N1CCC(Oc2ncccc2C(=O)N2CCCCC2)C1. The van der Waals surface area contributed by atoms with Crippen molar-refractivity contribution in [1.82, 2.24) is 14.8 Å². The second-order valence-electron chi connectivity index (χ2n) is 7.81. The van der Waals surface area contributed by atoms with E-state index in [0.29, 0.717) is 42.4 Å². The predicted octanol–water partition coefficient (Wildman–Crippen LogP) is 3.40. The lowest BCUT2D eigenvalue weighted by Crippen LogP contribution is -2.36. The van der Waals surface area contributed by atoms with E-state index in [1.54, 1.807) is 42.5 Å². The highest BCUT2D eigenvalue weighted by molar-refractivity contribution is 5.96. The lowest BCUT2D eigenvalue weighted by atomic mass is 10.1. The number of ether oxygens (including phenoxy) is 2. The molecular weight excluding hydrogens is 396 g/mol. The molecule has 2 aromatic rings. The summed E-state index contributed by atoms with van der Waals surface area (Å²) in [5, 5.41) is 2.89. The molecule has 1 atom stereocenters. The number of amides is 3. The van der Waals surface area contributed by atoms with E-state index >= 15 is 0 Å². The van der Waals surface area contributed by atoms with E-state index < -0.39 is 0 Å². The molecule has 1 aromatic heterocycles. The number of piperidine rings is 1. The van der Waals surface area contributed by atoms with Crippen LogP contribution in [-0.4, -0.2) is 66.1 Å². The number of urea groups is 1. The molecule has 2 saturated heterocycles. The van der Waals surface area contributed by atoms with E-state index in [9.17, 15) is 9.59 Å². The van der Waals surface area contributed by atoms with E-state index in [2.05, 4.69) is 10.3 Å². The smallest absolute Gasteiger partial charge is 0.322 e. The molecule has 0 radical (unpaired) electrons. The number of carbonyl (C=O) groups excluding carboxylic acids is 2. The van der Waals surface area contributed by atoms with Crippen LogP contribution in [0.25, 0.3) is 0 Å². The number of hydrogen-bond donors (Lipinski definition) is 1. The third-order valence-corrected chi connectivity index (χ3v) is 5.70. The summed E-state index contributed by atoms with van der Waals surface area (Å²) in [7, 11) is 1.57. The quantitative estimate of drug-likeness (QED) is 0.795. The van der Waals surface area contributed by atoms with Crippen molar-refractivity contribution in [1.29, 1.82) is 0 Å². The van der Waals surface area contributed by atoms with Gasteiger partial charge in [0.2, 0.25) is 5.88 Å². The van der Waals surface area contributed by atoms with Crippen LogP contribution >= 0.6 is 0 Å². The summed E-state index contributed by atoms with van der Waals surface area (Å²) in [6.07, 6.45) is 5.31. The molecule has 0 aliphatic carbocycles. The molecule has 1 N–H and O–H groups in total. The van der Waals surface area contributed by atoms with Gasteiger partial charge in [0.15, 0.2) is 0 Å². The summed E-state index contributed by atoms with van der Waals surface area (Å²) in [6.45, 7) is 2.53. The number of nitrogens with zero attached hydrogens (tertiary/aromatic N) is 3. The lowest BCUT2D eigenvalue weighted by molar-refractivity contribution is 0.0715. The van der Waals surface area contributed by atoms with Gasteiger partial charge in [-0.15, -0.1) is 0 Å². The van der Waals surface area contributed by atoms with Crippen LogP contribution in [0.5, 0.6) is 11.6 Å². The van der Waals surface area contributed by atoms with Gasteiger partial charge < -0.3 is 24.6 Å². The van der Waals surface area contributed by atoms with E-state index in [1.165, 1.54) is 0 Å². The monoisotopic (exact) mass is 424 g/mol. The molecule has 1 aromatic carbocycles. The second-order valence-corrected chi connectivity index (χ2v) is 7.81. The minimum absolute atomic E-state index is 0.0356. The van der Waals surface area contributed by atoms with Crippen molar-refractivity contribution in [3.8, 4) is 11.6 Å². The topological polar surface area (TPSA) is 84.0 Å². The third-order valence-electron chi connectivity index (χ3n) is 5.70. The molecule has 4 rings (SSSR count). The van der Waals surface area contributed by atoms with Gasteiger partial charge in [0.25, 0.3) is 5.91 Å². The molecular formula is C23H28N4O4. The summed E-state index contributed by atoms with van der Waals surface area (Å²) >= 11 is 0. The maximum atomic E-state index is 13.0. The fourth-order valence-electron chi connectivity index (χ4n) is 4.02. The van der Waals surface area contributed by atoms with Gasteiger partial charge in [0.05, 0.1) is 19.3 Å². The van der Waals surface area contributed by atoms with Crippen molar-refractivity contribution >= 4 is 17.6 Å². The number of nitrogens with one attached hydrogen (secondary N) is 1. The molecule has 3 amide bonds. The summed E-state index contributed by atoms with van der Waals surface area (Å²) in [4.78, 5) is 33.5. The number of carbonyl (C=O) groups is 2. The Labute approximate surface area is 182 Å². The van der Waals surface area contributed by atoms with E-state index in [1.807, 2.05) is 17.0 Å².